The fourth-order valence-electron chi connectivity index (χ4n) is 4.67. The number of alkyl halides is 5. The number of nitrogens with zero attached hydrogens (tertiary/aromatic N) is 3. The van der Waals surface area contributed by atoms with Crippen LogP contribution in [0.25, 0.3) is 0 Å². The first kappa shape index (κ1) is 24.2. The Morgan fingerprint density at radius 1 is 1.06 bits per heavy atom. The molecule has 1 aliphatic carbocycles. The number of urea groups is 1. The standard InChI is InChI=1S/C23H19Br2F3N4O3/c1-20(2)18(34)32(14-5-3-13(4-6-14)21(8-9-21)23(26,27)28)19(35)31(20)11-12-7-10-29-16-15(12)22(24,25)17(33)30-16/h3-7,10H,8-9,11H2,1-2H3,(H,29,30,33). The van der Waals surface area contributed by atoms with Crippen LogP contribution in [0, 0.1) is 0 Å². The van der Waals surface area contributed by atoms with Gasteiger partial charge in [-0.1, -0.05) is 44.0 Å². The highest BCUT2D eigenvalue weighted by Gasteiger charge is 2.64. The maximum absolute atomic E-state index is 13.5. The van der Waals surface area contributed by atoms with E-state index in [4.69, 9.17) is 0 Å². The number of benzene rings is 1. The number of halogens is 5. The Morgan fingerprint density at radius 2 is 1.69 bits per heavy atom. The molecule has 1 aromatic carbocycles. The summed E-state index contributed by atoms with van der Waals surface area (Å²) in [6.07, 6.45) is -2.81. The molecule has 7 nitrogen and oxygen atoms in total. The minimum Gasteiger partial charge on any atom is -0.308 e. The number of imide groups is 1. The molecule has 2 aliphatic heterocycles. The molecule has 3 heterocycles. The van der Waals surface area contributed by atoms with Crippen LogP contribution >= 0.6 is 31.9 Å². The predicted octanol–water partition coefficient (Wildman–Crippen LogP) is 5.32. The number of carbonyl (C=O) groups is 3. The van der Waals surface area contributed by atoms with E-state index in [1.807, 2.05) is 0 Å². The van der Waals surface area contributed by atoms with E-state index in [1.54, 1.807) is 19.9 Å². The number of rotatable bonds is 4. The number of amides is 4. The Labute approximate surface area is 215 Å². The summed E-state index contributed by atoms with van der Waals surface area (Å²) in [6.45, 7) is 3.21. The van der Waals surface area contributed by atoms with E-state index in [2.05, 4.69) is 42.2 Å². The quantitative estimate of drug-likeness (QED) is 0.373. The fraction of sp³-hybridized carbons (Fsp3) is 0.391. The van der Waals surface area contributed by atoms with Crippen molar-refractivity contribution in [2.45, 2.75) is 53.6 Å². The second kappa shape index (κ2) is 7.52. The Hall–Kier alpha value is -2.47. The monoisotopic (exact) mass is 614 g/mol. The highest BCUT2D eigenvalue weighted by Crippen LogP contribution is 2.59. The summed E-state index contributed by atoms with van der Waals surface area (Å²) in [7, 11) is 0. The number of carbonyl (C=O) groups excluding carboxylic acids is 3. The van der Waals surface area contributed by atoms with Gasteiger partial charge in [-0.05, 0) is 56.0 Å². The van der Waals surface area contributed by atoms with E-state index < -0.39 is 32.3 Å². The van der Waals surface area contributed by atoms with Crippen molar-refractivity contribution in [1.29, 1.82) is 0 Å². The third-order valence-electron chi connectivity index (χ3n) is 6.99. The molecule has 35 heavy (non-hydrogen) atoms. The molecule has 2 aromatic rings. The van der Waals surface area contributed by atoms with Crippen LogP contribution in [0.4, 0.5) is 29.5 Å². The van der Waals surface area contributed by atoms with Crippen LogP contribution < -0.4 is 10.2 Å². The minimum absolute atomic E-state index is 0.00209. The van der Waals surface area contributed by atoms with Crippen molar-refractivity contribution in [2.24, 2.45) is 0 Å². The van der Waals surface area contributed by atoms with E-state index in [1.165, 1.54) is 35.4 Å². The Bertz CT molecular complexity index is 1270. The van der Waals surface area contributed by atoms with Gasteiger partial charge in [-0.25, -0.2) is 14.7 Å². The summed E-state index contributed by atoms with van der Waals surface area (Å²) in [5.41, 5.74) is -1.67. The van der Waals surface area contributed by atoms with Crippen LogP contribution in [0.1, 0.15) is 43.4 Å². The van der Waals surface area contributed by atoms with Crippen LogP contribution in [0.5, 0.6) is 0 Å². The SMILES string of the molecule is CC1(C)C(=O)N(c2ccc(C3(C(F)(F)F)CC3)cc2)C(=O)N1Cc1ccnc2c1C(Br)(Br)C(=O)N2. The number of fused-ring (bicyclic) bond motifs is 1. The van der Waals surface area contributed by atoms with Crippen LogP contribution in [0.3, 0.4) is 0 Å². The first-order valence-corrected chi connectivity index (χ1v) is 12.3. The van der Waals surface area contributed by atoms with Crippen molar-refractivity contribution in [1.82, 2.24) is 9.88 Å². The van der Waals surface area contributed by atoms with Gasteiger partial charge in [0.2, 0.25) is 0 Å². The van der Waals surface area contributed by atoms with E-state index in [9.17, 15) is 27.6 Å². The Kier molecular flexibility index (Phi) is 5.20. The van der Waals surface area contributed by atoms with Crippen molar-refractivity contribution in [3.05, 3.63) is 53.2 Å². The molecule has 0 radical (unpaired) electrons. The number of pyridine rings is 1. The predicted molar refractivity (Wildman–Crippen MR) is 128 cm³/mol. The maximum atomic E-state index is 13.5. The molecule has 1 aromatic heterocycles. The Balaban J connectivity index is 1.46. The van der Waals surface area contributed by atoms with Gasteiger partial charge in [-0.15, -0.1) is 0 Å². The average molecular weight is 616 g/mol. The van der Waals surface area contributed by atoms with Crippen LogP contribution in [-0.4, -0.2) is 39.4 Å². The van der Waals surface area contributed by atoms with Gasteiger partial charge in [0.05, 0.1) is 11.1 Å². The highest BCUT2D eigenvalue weighted by molar-refractivity contribution is 9.25. The first-order valence-electron chi connectivity index (χ1n) is 10.7. The van der Waals surface area contributed by atoms with Crippen molar-refractivity contribution in [3.8, 4) is 0 Å². The van der Waals surface area contributed by atoms with Gasteiger partial charge in [-0.2, -0.15) is 13.2 Å². The molecular formula is C23H19Br2F3N4O3. The van der Waals surface area contributed by atoms with Gasteiger partial charge >= 0.3 is 12.2 Å². The number of nitrogens with one attached hydrogen (secondary N) is 1. The summed E-state index contributed by atoms with van der Waals surface area (Å²) in [4.78, 5) is 45.6. The normalized spacial score (nSPS) is 21.9. The third-order valence-corrected chi connectivity index (χ3v) is 8.50. The highest BCUT2D eigenvalue weighted by atomic mass is 79.9. The lowest BCUT2D eigenvalue weighted by Gasteiger charge is -2.29. The van der Waals surface area contributed by atoms with Gasteiger partial charge in [0.15, 0.2) is 3.23 Å². The lowest BCUT2D eigenvalue weighted by molar-refractivity contribution is -0.160. The zero-order chi connectivity index (χ0) is 25.6. The lowest BCUT2D eigenvalue weighted by atomic mass is 9.95. The number of hydrogen-bond acceptors (Lipinski definition) is 4. The van der Waals surface area contributed by atoms with Crippen LogP contribution in [0.15, 0.2) is 36.5 Å². The lowest BCUT2D eigenvalue weighted by Crippen LogP contribution is -2.44. The van der Waals surface area contributed by atoms with E-state index in [0.717, 1.165) is 4.90 Å². The van der Waals surface area contributed by atoms with Crippen molar-refractivity contribution >= 4 is 61.2 Å². The van der Waals surface area contributed by atoms with Gasteiger partial charge in [0, 0.05) is 18.3 Å². The zero-order valence-electron chi connectivity index (χ0n) is 18.5. The maximum Gasteiger partial charge on any atom is 0.398 e. The van der Waals surface area contributed by atoms with Gasteiger partial charge in [0.25, 0.3) is 11.8 Å². The Morgan fingerprint density at radius 3 is 2.26 bits per heavy atom. The molecule has 4 amide bonds. The molecule has 0 atom stereocenters. The summed E-state index contributed by atoms with van der Waals surface area (Å²) >= 11 is 6.71. The van der Waals surface area contributed by atoms with Gasteiger partial charge in [0.1, 0.15) is 11.4 Å². The molecule has 3 aliphatic rings. The molecule has 1 N–H and O–H groups in total. The molecule has 0 spiro atoms. The molecule has 5 rings (SSSR count). The van der Waals surface area contributed by atoms with E-state index in [-0.39, 0.29) is 36.5 Å². The number of hydrogen-bond donors (Lipinski definition) is 1. The summed E-state index contributed by atoms with van der Waals surface area (Å²) in [5.74, 6) is -0.538. The fourth-order valence-corrected chi connectivity index (χ4v) is 5.75. The smallest absolute Gasteiger partial charge is 0.308 e. The molecule has 1 saturated heterocycles. The summed E-state index contributed by atoms with van der Waals surface area (Å²) in [6, 6.07) is 6.48. The number of aromatic nitrogens is 1. The van der Waals surface area contributed by atoms with Crippen LogP contribution in [-0.2, 0) is 24.8 Å². The third kappa shape index (κ3) is 3.43. The molecule has 184 valence electrons. The summed E-state index contributed by atoms with van der Waals surface area (Å²) in [5, 5.41) is 2.66. The summed E-state index contributed by atoms with van der Waals surface area (Å²) < 4.78 is 39.2. The second-order valence-corrected chi connectivity index (χ2v) is 12.9. The average Bonchev–Trinajstić information content (AvgIpc) is 3.53. The van der Waals surface area contributed by atoms with Crippen LogP contribution in [0.2, 0.25) is 0 Å². The van der Waals surface area contributed by atoms with E-state index in [0.29, 0.717) is 16.9 Å². The largest absolute Gasteiger partial charge is 0.398 e. The molecule has 12 heteroatoms. The van der Waals surface area contributed by atoms with Gasteiger partial charge < -0.3 is 10.2 Å². The minimum atomic E-state index is -4.35. The topological polar surface area (TPSA) is 82.6 Å². The van der Waals surface area contributed by atoms with Crippen molar-refractivity contribution in [2.75, 3.05) is 10.2 Å². The zero-order valence-corrected chi connectivity index (χ0v) is 21.7. The first-order chi connectivity index (χ1) is 16.2. The molecule has 1 saturated carbocycles. The number of anilines is 2. The van der Waals surface area contributed by atoms with Crippen molar-refractivity contribution < 1.29 is 27.6 Å². The second-order valence-electron chi connectivity index (χ2n) is 9.42. The molecule has 0 bridgehead atoms. The van der Waals surface area contributed by atoms with E-state index >= 15 is 0 Å². The van der Waals surface area contributed by atoms with Gasteiger partial charge in [-0.3, -0.25) is 9.59 Å². The molecular weight excluding hydrogens is 597 g/mol. The molecule has 2 fully saturated rings. The van der Waals surface area contributed by atoms with Crippen molar-refractivity contribution in [3.63, 3.8) is 0 Å². The molecule has 0 unspecified atom stereocenters.